The number of sulfonamides is 2. The van der Waals surface area contributed by atoms with E-state index in [4.69, 9.17) is 1.37 Å². The van der Waals surface area contributed by atoms with E-state index in [2.05, 4.69) is 183 Å². The van der Waals surface area contributed by atoms with Crippen LogP contribution in [0.15, 0.2) is 90.1 Å². The van der Waals surface area contributed by atoms with Crippen LogP contribution in [0.1, 0.15) is 327 Å². The van der Waals surface area contributed by atoms with Crippen LogP contribution in [0, 0.1) is 170 Å². The smallest absolute Gasteiger partial charge is 0.303 e. The molecule has 0 amide bonds. The number of ketones is 1. The largest absolute Gasteiger partial charge is 0.517 e. The van der Waals surface area contributed by atoms with Crippen LogP contribution in [0.25, 0.3) is 0 Å². The number of carbonyl (C=O) groups excluding carboxylic acids is 4. The third-order valence-corrected chi connectivity index (χ3v) is 45.5. The minimum atomic E-state index is -6.81. The first kappa shape index (κ1) is 95.3. The Labute approximate surface area is 728 Å². The maximum Gasteiger partial charge on any atom is 0.517 e. The summed E-state index contributed by atoms with van der Waals surface area (Å²) in [4.78, 5) is 50.6. The van der Waals surface area contributed by atoms with Gasteiger partial charge >= 0.3 is 31.1 Å². The van der Waals surface area contributed by atoms with Gasteiger partial charge in [-0.2, -0.15) is 55.8 Å². The molecule has 18 heteroatoms. The van der Waals surface area contributed by atoms with Gasteiger partial charge in [0.2, 0.25) is 0 Å². The molecule has 1 aromatic carbocycles. The highest BCUT2D eigenvalue weighted by Gasteiger charge is 2.76. The van der Waals surface area contributed by atoms with Gasteiger partial charge in [0.25, 0.3) is 0 Å². The van der Waals surface area contributed by atoms with Crippen molar-refractivity contribution in [2.24, 2.45) is 170 Å². The first-order valence-corrected chi connectivity index (χ1v) is 49.4. The van der Waals surface area contributed by atoms with Gasteiger partial charge < -0.3 is 14.4 Å². The topological polar surface area (TPSA) is 140 Å². The fraction of sp³-hybridized carbons (Fsp3) is 0.804. The number of hydrogen-bond donors (Lipinski definition) is 1. The second-order valence-electron chi connectivity index (χ2n) is 46.3. The molecule has 15 aliphatic rings. The van der Waals surface area contributed by atoms with E-state index < -0.39 is 40.5 Å². The molecule has 9 nitrogen and oxygen atoms in total. The van der Waals surface area contributed by atoms with Crippen molar-refractivity contribution in [2.45, 2.75) is 337 Å². The fourth-order valence-electron chi connectivity index (χ4n) is 34.7. The maximum atomic E-state index is 12.9. The second kappa shape index (κ2) is 31.9. The van der Waals surface area contributed by atoms with Crippen LogP contribution in [-0.4, -0.2) is 58.7 Å². The molecule has 0 saturated heterocycles. The molecule has 1 aromatic rings. The lowest BCUT2D eigenvalue weighted by molar-refractivity contribution is -0.231. The third kappa shape index (κ3) is 13.8. The lowest BCUT2D eigenvalue weighted by Crippen LogP contribution is -2.66. The molecule has 0 bridgehead atoms. The minimum absolute atomic E-state index is 0. The molecule has 27 atom stereocenters. The third-order valence-electron chi connectivity index (χ3n) is 41.8. The van der Waals surface area contributed by atoms with Crippen molar-refractivity contribution < 1.29 is 63.7 Å². The van der Waals surface area contributed by atoms with E-state index >= 15 is 0 Å². The van der Waals surface area contributed by atoms with E-state index in [-0.39, 0.29) is 46.1 Å². The molecule has 16 rings (SSSR count). The Morgan fingerprint density at radius 2 is 0.717 bits per heavy atom. The van der Waals surface area contributed by atoms with Crippen LogP contribution < -0.4 is 3.71 Å². The van der Waals surface area contributed by atoms with Gasteiger partial charge in [0, 0.05) is 29.5 Å². The lowest BCUT2D eigenvalue weighted by Gasteiger charge is -2.72. The van der Waals surface area contributed by atoms with Crippen LogP contribution in [0.3, 0.4) is 0 Å². The molecule has 120 heavy (non-hydrogen) atoms. The SMILES string of the molecule is C.C=C(C)[C@@H]1CC[C@]2(C=O)CC[C@]3(C)[C@H](CC[C@@H]4[C@@]5(C)CC=C(C)C(C)(C)[C@@H]5CC[C@]43C)[C@@H]12.C=C(C)[C@@H]1CC[C@]2(C=O)CC[C@]3(C)[C@H](CC[C@@H]4[C@@]5(C)CC=C(C)C(C)(C)[C@@H]5CC[C@]43C)[C@@H]12.C=C(C)[C@@H]1CC[C@]2(C=O)CC[C@]3(C)[C@H](CC[C@@H]4[C@@]5(C)CCC(=O)C(C)(C)[C@@H]5CC[C@]43C)[C@@H]12.O=S(=O)(N(c1ccccc1)S(=O)(=O)C(F)(F)F)C(F)(F)F.[2H]CS. The van der Waals surface area contributed by atoms with E-state index in [1.807, 2.05) is 0 Å². The number of fused-ring (bicyclic) bond motifs is 21. The number of alkyl halides is 6. The van der Waals surface area contributed by atoms with Gasteiger partial charge in [-0.3, -0.25) is 4.79 Å². The zero-order chi connectivity index (χ0) is 89.4. The predicted octanol–water partition coefficient (Wildman–Crippen LogP) is 27.6. The summed E-state index contributed by atoms with van der Waals surface area (Å²) in [6, 6.07) is 3.85. The predicted molar refractivity (Wildman–Crippen MR) is 479 cm³/mol. The molecule has 0 N–H and O–H groups in total. The number of rotatable bonds is 9. The summed E-state index contributed by atoms with van der Waals surface area (Å²) in [5.74, 6) is 10.1. The molecule has 0 spiro atoms. The molecule has 15 aliphatic carbocycles. The first-order valence-electron chi connectivity index (χ1n) is 46.6. The number of allylic oxidation sites excluding steroid dienone is 7. The van der Waals surface area contributed by atoms with Crippen LogP contribution in [-0.2, 0) is 39.2 Å². The summed E-state index contributed by atoms with van der Waals surface area (Å²) in [6.45, 7) is 63.1. The van der Waals surface area contributed by atoms with E-state index in [9.17, 15) is 62.4 Å². The Kier molecular flexibility index (Phi) is 25.3. The van der Waals surface area contributed by atoms with E-state index in [1.165, 1.54) is 158 Å². The minimum Gasteiger partial charge on any atom is -0.303 e. The lowest BCUT2D eigenvalue weighted by atomic mass is 9.32. The summed E-state index contributed by atoms with van der Waals surface area (Å²) in [7, 11) is -13.6. The molecule has 0 aromatic heterocycles. The maximum absolute atomic E-state index is 12.9. The van der Waals surface area contributed by atoms with Crippen LogP contribution in [0.2, 0.25) is 0 Å². The molecule has 0 unspecified atom stereocenters. The average molecular weight is 1730 g/mol. The van der Waals surface area contributed by atoms with Gasteiger partial charge in [0.1, 0.15) is 24.6 Å². The van der Waals surface area contributed by atoms with Gasteiger partial charge in [-0.25, -0.2) is 0 Å². The summed E-state index contributed by atoms with van der Waals surface area (Å²) in [5, 5.41) is 0. The zero-order valence-electron chi connectivity index (χ0n) is 77.3. The number of anilines is 1. The Bertz CT molecular complexity index is 4270. The number of para-hydroxylation sites is 1. The normalized spacial score (nSPS) is 45.7. The number of nitrogens with zero attached hydrogens (tertiary/aromatic N) is 1. The molecular formula is C102H155F6NO8S3. The van der Waals surface area contributed by atoms with Gasteiger partial charge in [-0.05, 0) is 375 Å². The van der Waals surface area contributed by atoms with Gasteiger partial charge in [0.05, 0.1) is 5.69 Å². The summed E-state index contributed by atoms with van der Waals surface area (Å²) in [5.41, 5.74) is -3.22. The Balaban J connectivity index is 0.000000157. The molecule has 13 saturated carbocycles. The highest BCUT2D eigenvalue weighted by Crippen LogP contribution is 2.82. The van der Waals surface area contributed by atoms with Crippen molar-refractivity contribution >= 4 is 63.0 Å². The second-order valence-corrected chi connectivity index (χ2v) is 50.1. The molecule has 0 heterocycles. The van der Waals surface area contributed by atoms with Crippen LogP contribution in [0.4, 0.5) is 32.0 Å². The van der Waals surface area contributed by atoms with Crippen molar-refractivity contribution in [2.75, 3.05) is 9.94 Å². The van der Waals surface area contributed by atoms with Crippen molar-refractivity contribution in [3.05, 3.63) is 90.1 Å². The molecule has 13 fully saturated rings. The van der Waals surface area contributed by atoms with E-state index in [1.54, 1.807) is 11.1 Å². The first-order chi connectivity index (χ1) is 55.3. The highest BCUT2D eigenvalue weighted by atomic mass is 32.3. The highest BCUT2D eigenvalue weighted by molar-refractivity contribution is 8.11. The molecular weight excluding hydrogens is 1580 g/mol. The quantitative estimate of drug-likeness (QED) is 0.112. The molecule has 0 radical (unpaired) electrons. The summed E-state index contributed by atoms with van der Waals surface area (Å²) < 4.78 is 124. The fourth-order valence-corrected chi connectivity index (χ4v) is 37.4. The number of hydrogen-bond acceptors (Lipinski definition) is 9. The number of aldehydes is 3. The Morgan fingerprint density at radius 1 is 0.425 bits per heavy atom. The van der Waals surface area contributed by atoms with Gasteiger partial charge in [-0.15, -0.1) is 3.71 Å². The van der Waals surface area contributed by atoms with Gasteiger partial charge in [-0.1, -0.05) is 189 Å². The summed E-state index contributed by atoms with van der Waals surface area (Å²) >= 11 is 3.46. The Morgan fingerprint density at radius 3 is 1.00 bits per heavy atom. The standard InChI is InChI=1S/2C31H48O.C30H46O2.C8H5F6NO4S2.CH4S.CH4/c2*1-20(2)22-12-16-31(19-32)18-17-29(7)23(26(22)31)9-10-25-28(6)14-11-21(3)27(4,5)24(28)13-15-30(25,29)8;1-19(2)20-10-15-30(18-31)17-16-28(6)21(25(20)30)8-9-23-27(5)13-12-24(32)26(3,4)22(27)11-14-29(23,28)7;9-7(10,11)20(16,17)15(6-4-2-1-3-5-6)21(18,19)8(12,13)14;1-2;/h2*11,19,22-26H,1,9-10,12-18H2,2-8H3;18,20-23,25H,1,8-17H2,2-7H3;1-5H;2H,1H3;1H4/t2*22-,23+,24-,25+,26+,28-,29+,30+,31+;20-,21+,22-,23+,25+,27-,28+,29+,30+;;;/m000.../s1/i;;;;1D;. The monoisotopic (exact) mass is 1730 g/mol. The van der Waals surface area contributed by atoms with E-state index in [0.717, 1.165) is 99.7 Å². The van der Waals surface area contributed by atoms with Crippen LogP contribution >= 0.6 is 12.6 Å². The Hall–Kier alpha value is -3.77. The molecule has 0 aliphatic heterocycles. The van der Waals surface area contributed by atoms with Crippen molar-refractivity contribution in [1.29, 1.82) is 0 Å². The van der Waals surface area contributed by atoms with Crippen molar-refractivity contribution in [1.82, 2.24) is 0 Å². The number of Topliss-reactive ketones (excluding diaryl/α,β-unsaturated/α-hetero) is 1. The summed E-state index contributed by atoms with van der Waals surface area (Å²) in [6.07, 6.45) is 43.6. The van der Waals surface area contributed by atoms with E-state index in [0.29, 0.717) is 132 Å². The van der Waals surface area contributed by atoms with Crippen molar-refractivity contribution in [3.8, 4) is 0 Å². The van der Waals surface area contributed by atoms with Gasteiger partial charge in [0.15, 0.2) is 0 Å². The number of benzene rings is 1. The number of carbonyl (C=O) groups is 4. The van der Waals surface area contributed by atoms with Crippen LogP contribution in [0.5, 0.6) is 0 Å². The average Bonchev–Trinajstić information content (AvgIpc) is 1.66. The van der Waals surface area contributed by atoms with Crippen molar-refractivity contribution in [3.63, 3.8) is 0 Å². The molecule has 676 valence electrons. The number of halogens is 6. The number of thiol groups is 1. The zero-order valence-corrected chi connectivity index (χ0v) is 78.8.